The quantitative estimate of drug-likeness (QED) is 0.299. The summed E-state index contributed by atoms with van der Waals surface area (Å²) >= 11 is 3.46. The summed E-state index contributed by atoms with van der Waals surface area (Å²) in [5, 5.41) is 15.6. The topological polar surface area (TPSA) is 116 Å². The Labute approximate surface area is 190 Å². The van der Waals surface area contributed by atoms with Crippen LogP contribution in [-0.2, 0) is 17.9 Å². The van der Waals surface area contributed by atoms with E-state index >= 15 is 0 Å². The zero-order valence-electron chi connectivity index (χ0n) is 16.9. The van der Waals surface area contributed by atoms with Crippen molar-refractivity contribution in [2.24, 2.45) is 0 Å². The van der Waals surface area contributed by atoms with Gasteiger partial charge in [0.25, 0.3) is 11.2 Å². The second-order valence-corrected chi connectivity index (χ2v) is 7.91. The first-order chi connectivity index (χ1) is 15.4. The third kappa shape index (κ3) is 4.02. The molecule has 0 fully saturated rings. The van der Waals surface area contributed by atoms with E-state index in [2.05, 4.69) is 26.0 Å². The first kappa shape index (κ1) is 21.4. The lowest BCUT2D eigenvalue weighted by Crippen LogP contribution is -2.33. The van der Waals surface area contributed by atoms with Crippen LogP contribution in [0.15, 0.2) is 70.3 Å². The predicted octanol–water partition coefficient (Wildman–Crippen LogP) is 2.91. The van der Waals surface area contributed by atoms with Crippen LogP contribution in [0.1, 0.15) is 5.56 Å². The first-order valence-corrected chi connectivity index (χ1v) is 10.3. The van der Waals surface area contributed by atoms with Gasteiger partial charge < -0.3 is 4.90 Å². The molecule has 162 valence electrons. The maximum atomic E-state index is 12.9. The van der Waals surface area contributed by atoms with Gasteiger partial charge in [0.05, 0.1) is 11.1 Å². The molecule has 32 heavy (non-hydrogen) atoms. The van der Waals surface area contributed by atoms with Crippen molar-refractivity contribution in [2.75, 3.05) is 7.05 Å². The Balaban J connectivity index is 1.62. The number of nitrogens with zero attached hydrogens (tertiary/aromatic N) is 6. The molecule has 0 aliphatic heterocycles. The SMILES string of the molecule is CN(Cc1ccccc1Br)C(=O)Cn1cnc2c(cnn2-c2ccccc2[N+](=O)[O-])c1=O. The molecule has 4 aromatic rings. The van der Waals surface area contributed by atoms with Gasteiger partial charge in [-0.15, -0.1) is 0 Å². The molecule has 2 heterocycles. The summed E-state index contributed by atoms with van der Waals surface area (Å²) in [4.78, 5) is 42.2. The largest absolute Gasteiger partial charge is 0.340 e. The molecule has 1 amide bonds. The monoisotopic (exact) mass is 496 g/mol. The number of carbonyl (C=O) groups is 1. The molecule has 0 aliphatic carbocycles. The van der Waals surface area contributed by atoms with Gasteiger partial charge >= 0.3 is 0 Å². The number of para-hydroxylation sites is 2. The van der Waals surface area contributed by atoms with Gasteiger partial charge in [-0.2, -0.15) is 5.10 Å². The Kier molecular flexibility index (Phi) is 5.82. The summed E-state index contributed by atoms with van der Waals surface area (Å²) in [6, 6.07) is 13.6. The predicted molar refractivity (Wildman–Crippen MR) is 120 cm³/mol. The lowest BCUT2D eigenvalue weighted by molar-refractivity contribution is -0.384. The molecule has 4 rings (SSSR count). The van der Waals surface area contributed by atoms with Crippen molar-refractivity contribution < 1.29 is 9.72 Å². The van der Waals surface area contributed by atoms with Crippen LogP contribution >= 0.6 is 15.9 Å². The fraction of sp³-hybridized carbons (Fsp3) is 0.143. The van der Waals surface area contributed by atoms with Crippen LogP contribution in [-0.4, -0.2) is 42.1 Å². The maximum Gasteiger partial charge on any atom is 0.294 e. The molecule has 0 unspecified atom stereocenters. The number of hydrogen-bond donors (Lipinski definition) is 0. The van der Waals surface area contributed by atoms with Crippen LogP contribution in [0.4, 0.5) is 5.69 Å². The molecule has 2 aromatic carbocycles. The number of carbonyl (C=O) groups excluding carboxylic acids is 1. The van der Waals surface area contributed by atoms with E-state index in [-0.39, 0.29) is 34.9 Å². The molecule has 0 radical (unpaired) electrons. The van der Waals surface area contributed by atoms with Gasteiger partial charge in [-0.1, -0.05) is 46.3 Å². The molecular formula is C21H17BrN6O4. The van der Waals surface area contributed by atoms with Crippen LogP contribution < -0.4 is 5.56 Å². The van der Waals surface area contributed by atoms with E-state index in [0.29, 0.717) is 6.54 Å². The Morgan fingerprint density at radius 3 is 2.66 bits per heavy atom. The summed E-state index contributed by atoms with van der Waals surface area (Å²) in [5.74, 6) is -0.268. The van der Waals surface area contributed by atoms with Crippen molar-refractivity contribution in [1.82, 2.24) is 24.2 Å². The minimum Gasteiger partial charge on any atom is -0.340 e. The number of hydrogen-bond acceptors (Lipinski definition) is 6. The summed E-state index contributed by atoms with van der Waals surface area (Å²) in [5.41, 5.74) is 0.695. The van der Waals surface area contributed by atoms with Crippen molar-refractivity contribution in [2.45, 2.75) is 13.1 Å². The summed E-state index contributed by atoms with van der Waals surface area (Å²) in [6.07, 6.45) is 2.55. The number of likely N-dealkylation sites (N-methyl/N-ethyl adjacent to an activating group) is 1. The van der Waals surface area contributed by atoms with Gasteiger partial charge in [0.15, 0.2) is 5.65 Å². The van der Waals surface area contributed by atoms with Crippen molar-refractivity contribution >= 4 is 38.6 Å². The molecule has 11 heteroatoms. The van der Waals surface area contributed by atoms with Gasteiger partial charge in [-0.05, 0) is 17.7 Å². The molecule has 0 bridgehead atoms. The van der Waals surface area contributed by atoms with E-state index in [9.17, 15) is 19.7 Å². The number of nitro groups is 1. The number of rotatable bonds is 6. The fourth-order valence-electron chi connectivity index (χ4n) is 3.27. The fourth-order valence-corrected chi connectivity index (χ4v) is 3.68. The second kappa shape index (κ2) is 8.71. The summed E-state index contributed by atoms with van der Waals surface area (Å²) in [7, 11) is 1.66. The van der Waals surface area contributed by atoms with Crippen molar-refractivity contribution in [3.63, 3.8) is 0 Å². The minimum atomic E-state index is -0.524. The third-order valence-electron chi connectivity index (χ3n) is 4.96. The Morgan fingerprint density at radius 1 is 1.19 bits per heavy atom. The van der Waals surface area contributed by atoms with Gasteiger partial charge in [0.2, 0.25) is 5.91 Å². The van der Waals surface area contributed by atoms with Gasteiger partial charge in [-0.3, -0.25) is 24.3 Å². The molecule has 0 atom stereocenters. The standard InChI is InChI=1S/C21H17BrN6O4/c1-25(11-14-6-2-3-7-16(14)22)19(29)12-26-13-23-20-15(21(26)30)10-24-27(20)17-8-4-5-9-18(17)28(31)32/h2-10,13H,11-12H2,1H3. The Hall–Kier alpha value is -3.86. The molecule has 0 saturated heterocycles. The average Bonchev–Trinajstić information content (AvgIpc) is 3.22. The normalized spacial score (nSPS) is 10.9. The van der Waals surface area contributed by atoms with E-state index in [0.717, 1.165) is 10.0 Å². The lowest BCUT2D eigenvalue weighted by atomic mass is 10.2. The molecule has 0 aliphatic rings. The number of fused-ring (bicyclic) bond motifs is 1. The van der Waals surface area contributed by atoms with Crippen LogP contribution in [0, 0.1) is 10.1 Å². The van der Waals surface area contributed by atoms with E-state index < -0.39 is 10.5 Å². The highest BCUT2D eigenvalue weighted by Gasteiger charge is 2.20. The highest BCUT2D eigenvalue weighted by molar-refractivity contribution is 9.10. The molecule has 10 nitrogen and oxygen atoms in total. The van der Waals surface area contributed by atoms with Crippen molar-refractivity contribution in [3.8, 4) is 5.69 Å². The van der Waals surface area contributed by atoms with Gasteiger partial charge in [0.1, 0.15) is 23.9 Å². The number of benzene rings is 2. The smallest absolute Gasteiger partial charge is 0.294 e. The first-order valence-electron chi connectivity index (χ1n) is 9.51. The van der Waals surface area contributed by atoms with E-state index in [1.165, 1.54) is 38.8 Å². The van der Waals surface area contributed by atoms with E-state index in [1.54, 1.807) is 19.2 Å². The van der Waals surface area contributed by atoms with Crippen LogP contribution in [0.25, 0.3) is 16.7 Å². The molecule has 0 saturated carbocycles. The second-order valence-electron chi connectivity index (χ2n) is 7.06. The van der Waals surface area contributed by atoms with E-state index in [1.807, 2.05) is 24.3 Å². The third-order valence-corrected chi connectivity index (χ3v) is 5.73. The number of amides is 1. The number of aromatic nitrogens is 4. The summed E-state index contributed by atoms with van der Waals surface area (Å²) in [6.45, 7) is 0.180. The average molecular weight is 497 g/mol. The van der Waals surface area contributed by atoms with Gasteiger partial charge in [0, 0.05) is 24.1 Å². The van der Waals surface area contributed by atoms with Crippen LogP contribution in [0.3, 0.4) is 0 Å². The lowest BCUT2D eigenvalue weighted by Gasteiger charge is -2.18. The zero-order valence-corrected chi connectivity index (χ0v) is 18.5. The molecule has 2 aromatic heterocycles. The Morgan fingerprint density at radius 2 is 1.91 bits per heavy atom. The number of nitro benzene ring substituents is 1. The molecule has 0 N–H and O–H groups in total. The van der Waals surface area contributed by atoms with Gasteiger partial charge in [-0.25, -0.2) is 9.67 Å². The Bertz CT molecular complexity index is 1400. The highest BCUT2D eigenvalue weighted by atomic mass is 79.9. The summed E-state index contributed by atoms with van der Waals surface area (Å²) < 4.78 is 3.34. The molecular weight excluding hydrogens is 480 g/mol. The number of halogens is 1. The highest BCUT2D eigenvalue weighted by Crippen LogP contribution is 2.24. The van der Waals surface area contributed by atoms with Crippen LogP contribution in [0.2, 0.25) is 0 Å². The minimum absolute atomic E-state index is 0.159. The van der Waals surface area contributed by atoms with Crippen molar-refractivity contribution in [3.05, 3.63) is 91.6 Å². The van der Waals surface area contributed by atoms with E-state index in [4.69, 9.17) is 0 Å². The molecule has 0 spiro atoms. The van der Waals surface area contributed by atoms with Crippen LogP contribution in [0.5, 0.6) is 0 Å². The zero-order chi connectivity index (χ0) is 22.8. The maximum absolute atomic E-state index is 12.9. The van der Waals surface area contributed by atoms with Crippen molar-refractivity contribution in [1.29, 1.82) is 0 Å².